The largest absolute Gasteiger partial charge is 0.308 e. The van der Waals surface area contributed by atoms with Crippen molar-refractivity contribution < 1.29 is 0 Å². The van der Waals surface area contributed by atoms with Crippen molar-refractivity contribution in [1.29, 1.82) is 0 Å². The summed E-state index contributed by atoms with van der Waals surface area (Å²) in [5, 5.41) is 3.86. The molecule has 2 aliphatic rings. The number of hydrogen-bond donors (Lipinski definition) is 1. The van der Waals surface area contributed by atoms with Crippen LogP contribution in [0, 0.1) is 6.92 Å². The number of hydrogen-bond acceptors (Lipinski definition) is 3. The van der Waals surface area contributed by atoms with E-state index in [0.29, 0.717) is 11.6 Å². The van der Waals surface area contributed by atoms with Crippen LogP contribution in [0.15, 0.2) is 18.2 Å². The first-order chi connectivity index (χ1) is 9.71. The maximum atomic E-state index is 4.69. The smallest absolute Gasteiger partial charge is 0.0547 e. The lowest BCUT2D eigenvalue weighted by Gasteiger charge is -2.46. The van der Waals surface area contributed by atoms with E-state index in [1.165, 1.54) is 44.3 Å². The maximum Gasteiger partial charge on any atom is 0.0547 e. The number of aryl methyl sites for hydroxylation is 1. The monoisotopic (exact) mass is 273 g/mol. The summed E-state index contributed by atoms with van der Waals surface area (Å²) in [4.78, 5) is 7.36. The molecular weight excluding hydrogens is 246 g/mol. The van der Waals surface area contributed by atoms with Gasteiger partial charge in [-0.25, -0.2) is 0 Å². The highest BCUT2D eigenvalue weighted by Crippen LogP contribution is 2.34. The molecule has 2 heterocycles. The first kappa shape index (κ1) is 14.0. The molecule has 1 spiro atoms. The topological polar surface area (TPSA) is 28.2 Å². The highest BCUT2D eigenvalue weighted by atomic mass is 15.3. The second-order valence-corrected chi connectivity index (χ2v) is 6.61. The summed E-state index contributed by atoms with van der Waals surface area (Å²) in [7, 11) is 0. The molecule has 0 bridgehead atoms. The van der Waals surface area contributed by atoms with Crippen molar-refractivity contribution in [3.63, 3.8) is 0 Å². The molecule has 0 radical (unpaired) electrons. The van der Waals surface area contributed by atoms with Crippen LogP contribution in [0.3, 0.4) is 0 Å². The van der Waals surface area contributed by atoms with Gasteiger partial charge in [-0.3, -0.25) is 9.88 Å². The van der Waals surface area contributed by atoms with E-state index < -0.39 is 0 Å². The number of nitrogens with zero attached hydrogens (tertiary/aromatic N) is 2. The zero-order valence-electron chi connectivity index (χ0n) is 12.9. The quantitative estimate of drug-likeness (QED) is 0.918. The Balaban J connectivity index is 1.74. The Labute approximate surface area is 122 Å². The molecule has 1 unspecified atom stereocenters. The molecule has 1 saturated heterocycles. The molecule has 3 heteroatoms. The Kier molecular flexibility index (Phi) is 4.08. The molecule has 0 amide bonds. The molecule has 1 aromatic rings. The highest BCUT2D eigenvalue weighted by Gasteiger charge is 2.40. The lowest BCUT2D eigenvalue weighted by Crippen LogP contribution is -2.62. The molecule has 3 nitrogen and oxygen atoms in total. The van der Waals surface area contributed by atoms with Crippen molar-refractivity contribution >= 4 is 0 Å². The summed E-state index contributed by atoms with van der Waals surface area (Å²) in [6.45, 7) is 7.72. The van der Waals surface area contributed by atoms with E-state index in [0.717, 1.165) is 18.8 Å². The Morgan fingerprint density at radius 2 is 2.15 bits per heavy atom. The summed E-state index contributed by atoms with van der Waals surface area (Å²) >= 11 is 0. The molecular formula is C17H27N3. The van der Waals surface area contributed by atoms with Crippen LogP contribution in [0.2, 0.25) is 0 Å². The average Bonchev–Trinajstić information content (AvgIpc) is 2.87. The van der Waals surface area contributed by atoms with Crippen LogP contribution in [0.25, 0.3) is 0 Å². The molecule has 20 heavy (non-hydrogen) atoms. The van der Waals surface area contributed by atoms with Gasteiger partial charge in [0.1, 0.15) is 0 Å². The minimum atomic E-state index is 0.398. The molecule has 1 aliphatic heterocycles. The summed E-state index contributed by atoms with van der Waals surface area (Å²) in [5.74, 6) is 0. The van der Waals surface area contributed by atoms with Gasteiger partial charge in [0.2, 0.25) is 0 Å². The van der Waals surface area contributed by atoms with Gasteiger partial charge in [0.05, 0.1) is 5.69 Å². The van der Waals surface area contributed by atoms with E-state index in [-0.39, 0.29) is 0 Å². The van der Waals surface area contributed by atoms with Crippen molar-refractivity contribution in [1.82, 2.24) is 15.2 Å². The zero-order chi connectivity index (χ0) is 14.0. The molecule has 0 aromatic carbocycles. The first-order valence-electron chi connectivity index (χ1n) is 8.12. The molecule has 1 aromatic heterocycles. The Morgan fingerprint density at radius 3 is 2.85 bits per heavy atom. The van der Waals surface area contributed by atoms with Crippen LogP contribution in [0.1, 0.15) is 50.4 Å². The van der Waals surface area contributed by atoms with E-state index in [2.05, 4.69) is 47.2 Å². The van der Waals surface area contributed by atoms with Gasteiger partial charge in [-0.05, 0) is 38.3 Å². The summed E-state index contributed by atoms with van der Waals surface area (Å²) in [6.07, 6.45) is 6.69. The van der Waals surface area contributed by atoms with Crippen LogP contribution in [0.5, 0.6) is 0 Å². The van der Waals surface area contributed by atoms with Crippen LogP contribution >= 0.6 is 0 Å². The minimum absolute atomic E-state index is 0.398. The van der Waals surface area contributed by atoms with Gasteiger partial charge < -0.3 is 5.32 Å². The van der Waals surface area contributed by atoms with E-state index in [9.17, 15) is 0 Å². The van der Waals surface area contributed by atoms with Crippen molar-refractivity contribution in [2.45, 2.75) is 64.1 Å². The molecule has 1 N–H and O–H groups in total. The van der Waals surface area contributed by atoms with Crippen molar-refractivity contribution in [2.75, 3.05) is 13.1 Å². The molecule has 3 rings (SSSR count). The highest BCUT2D eigenvalue weighted by molar-refractivity contribution is 5.11. The lowest BCUT2D eigenvalue weighted by molar-refractivity contribution is 0.0707. The first-order valence-corrected chi connectivity index (χ1v) is 8.12. The Hall–Kier alpha value is -0.930. The van der Waals surface area contributed by atoms with Crippen LogP contribution in [-0.4, -0.2) is 34.6 Å². The standard InChI is InChI=1S/C17H27N3/c1-3-16-11-18-17(9-4-5-10-17)13-20(16)12-15-8-6-7-14(2)19-15/h6-8,16,18H,3-5,9-13H2,1-2H3. The number of rotatable bonds is 3. The predicted molar refractivity (Wildman–Crippen MR) is 82.7 cm³/mol. The van der Waals surface area contributed by atoms with Gasteiger partial charge in [0.25, 0.3) is 0 Å². The summed E-state index contributed by atoms with van der Waals surface area (Å²) in [6, 6.07) is 7.04. The van der Waals surface area contributed by atoms with E-state index in [1.807, 2.05) is 0 Å². The van der Waals surface area contributed by atoms with Crippen LogP contribution in [-0.2, 0) is 6.54 Å². The van der Waals surface area contributed by atoms with Gasteiger partial charge in [0, 0.05) is 36.9 Å². The summed E-state index contributed by atoms with van der Waals surface area (Å²) < 4.78 is 0. The van der Waals surface area contributed by atoms with Crippen molar-refractivity contribution in [3.05, 3.63) is 29.6 Å². The number of piperazine rings is 1. The number of pyridine rings is 1. The number of aromatic nitrogens is 1. The second-order valence-electron chi connectivity index (χ2n) is 6.61. The van der Waals surface area contributed by atoms with Crippen LogP contribution < -0.4 is 5.32 Å². The lowest BCUT2D eigenvalue weighted by atomic mass is 9.91. The third-order valence-electron chi connectivity index (χ3n) is 5.08. The molecule has 1 saturated carbocycles. The van der Waals surface area contributed by atoms with E-state index in [1.54, 1.807) is 0 Å². The van der Waals surface area contributed by atoms with Gasteiger partial charge in [-0.2, -0.15) is 0 Å². The minimum Gasteiger partial charge on any atom is -0.308 e. The van der Waals surface area contributed by atoms with Crippen LogP contribution in [0.4, 0.5) is 0 Å². The normalized spacial score (nSPS) is 26.2. The Morgan fingerprint density at radius 1 is 1.35 bits per heavy atom. The SMILES string of the molecule is CCC1CNC2(CCCC2)CN1Cc1cccc(C)n1. The summed E-state index contributed by atoms with van der Waals surface area (Å²) in [5.41, 5.74) is 2.75. The van der Waals surface area contributed by atoms with E-state index in [4.69, 9.17) is 0 Å². The number of nitrogens with one attached hydrogen (secondary N) is 1. The van der Waals surface area contributed by atoms with E-state index >= 15 is 0 Å². The molecule has 1 atom stereocenters. The second kappa shape index (κ2) is 5.82. The van der Waals surface area contributed by atoms with Gasteiger partial charge >= 0.3 is 0 Å². The molecule has 2 fully saturated rings. The van der Waals surface area contributed by atoms with Gasteiger partial charge in [-0.1, -0.05) is 25.8 Å². The molecule has 1 aliphatic carbocycles. The van der Waals surface area contributed by atoms with Gasteiger partial charge in [-0.15, -0.1) is 0 Å². The third-order valence-corrected chi connectivity index (χ3v) is 5.08. The predicted octanol–water partition coefficient (Wildman–Crippen LogP) is 2.89. The Bertz CT molecular complexity index is 451. The molecule has 110 valence electrons. The average molecular weight is 273 g/mol. The zero-order valence-corrected chi connectivity index (χ0v) is 12.9. The van der Waals surface area contributed by atoms with Gasteiger partial charge in [0.15, 0.2) is 0 Å². The van der Waals surface area contributed by atoms with Crippen molar-refractivity contribution in [3.8, 4) is 0 Å². The third kappa shape index (κ3) is 2.89. The fourth-order valence-corrected chi connectivity index (χ4v) is 3.91. The fraction of sp³-hybridized carbons (Fsp3) is 0.706. The van der Waals surface area contributed by atoms with Crippen molar-refractivity contribution in [2.24, 2.45) is 0 Å². The fourth-order valence-electron chi connectivity index (χ4n) is 3.91. The maximum absolute atomic E-state index is 4.69.